The SMILES string of the molecule is O=[N+]([O-])c1ccc(OCC(Br)C(F)(F)F)c(F)c1. The topological polar surface area (TPSA) is 52.4 Å². The van der Waals surface area contributed by atoms with E-state index in [1.807, 2.05) is 0 Å². The Balaban J connectivity index is 2.72. The molecular formula is C9H6BrF4NO3. The van der Waals surface area contributed by atoms with Gasteiger partial charge in [-0.05, 0) is 6.07 Å². The van der Waals surface area contributed by atoms with Gasteiger partial charge in [-0.15, -0.1) is 0 Å². The number of non-ortho nitro benzene ring substituents is 1. The number of hydrogen-bond acceptors (Lipinski definition) is 3. The highest BCUT2D eigenvalue weighted by atomic mass is 79.9. The van der Waals surface area contributed by atoms with Gasteiger partial charge < -0.3 is 4.74 Å². The predicted octanol–water partition coefficient (Wildman–Crippen LogP) is 3.44. The van der Waals surface area contributed by atoms with E-state index in [-0.39, 0.29) is 0 Å². The van der Waals surface area contributed by atoms with E-state index in [0.29, 0.717) is 6.07 Å². The molecule has 0 aliphatic carbocycles. The van der Waals surface area contributed by atoms with Gasteiger partial charge in [-0.1, -0.05) is 15.9 Å². The molecule has 0 amide bonds. The number of nitro groups is 1. The Morgan fingerprint density at radius 1 is 1.44 bits per heavy atom. The highest BCUT2D eigenvalue weighted by Gasteiger charge is 2.38. The van der Waals surface area contributed by atoms with E-state index in [4.69, 9.17) is 0 Å². The largest absolute Gasteiger partial charge is 0.489 e. The molecule has 1 rings (SSSR count). The zero-order chi connectivity index (χ0) is 13.9. The molecule has 18 heavy (non-hydrogen) atoms. The van der Waals surface area contributed by atoms with Crippen molar-refractivity contribution in [1.29, 1.82) is 0 Å². The number of nitro benzene ring substituents is 1. The van der Waals surface area contributed by atoms with Crippen molar-refractivity contribution in [3.63, 3.8) is 0 Å². The van der Waals surface area contributed by atoms with Crippen molar-refractivity contribution in [3.8, 4) is 5.75 Å². The van der Waals surface area contributed by atoms with Crippen LogP contribution in [-0.2, 0) is 0 Å². The normalized spacial score (nSPS) is 13.2. The molecule has 1 atom stereocenters. The second-order valence-electron chi connectivity index (χ2n) is 3.19. The minimum Gasteiger partial charge on any atom is -0.489 e. The molecular weight excluding hydrogens is 326 g/mol. The second-order valence-corrected chi connectivity index (χ2v) is 4.30. The summed E-state index contributed by atoms with van der Waals surface area (Å²) in [6.07, 6.45) is -4.52. The molecule has 0 bridgehead atoms. The van der Waals surface area contributed by atoms with E-state index in [1.165, 1.54) is 0 Å². The first-order valence-electron chi connectivity index (χ1n) is 4.49. The molecule has 1 aromatic rings. The Morgan fingerprint density at radius 2 is 2.06 bits per heavy atom. The van der Waals surface area contributed by atoms with Crippen LogP contribution in [0.1, 0.15) is 0 Å². The number of benzene rings is 1. The summed E-state index contributed by atoms with van der Waals surface area (Å²) in [6.45, 7) is -0.835. The fourth-order valence-corrected chi connectivity index (χ4v) is 1.11. The highest BCUT2D eigenvalue weighted by molar-refractivity contribution is 9.09. The summed E-state index contributed by atoms with van der Waals surface area (Å²) >= 11 is 2.34. The van der Waals surface area contributed by atoms with Crippen molar-refractivity contribution in [2.24, 2.45) is 0 Å². The zero-order valence-corrected chi connectivity index (χ0v) is 10.2. The van der Waals surface area contributed by atoms with E-state index < -0.39 is 39.8 Å². The molecule has 100 valence electrons. The lowest BCUT2D eigenvalue weighted by Crippen LogP contribution is -2.29. The van der Waals surface area contributed by atoms with Crippen LogP contribution in [0, 0.1) is 15.9 Å². The molecule has 4 nitrogen and oxygen atoms in total. The highest BCUT2D eigenvalue weighted by Crippen LogP contribution is 2.28. The fourth-order valence-electron chi connectivity index (χ4n) is 0.978. The van der Waals surface area contributed by atoms with Gasteiger partial charge in [0, 0.05) is 6.07 Å². The van der Waals surface area contributed by atoms with Crippen molar-refractivity contribution in [2.75, 3.05) is 6.61 Å². The molecule has 0 saturated heterocycles. The Kier molecular flexibility index (Phi) is 4.49. The maximum atomic E-state index is 13.2. The number of nitrogens with zero attached hydrogens (tertiary/aromatic N) is 1. The molecule has 0 aromatic heterocycles. The first kappa shape index (κ1) is 14.7. The van der Waals surface area contributed by atoms with E-state index in [1.54, 1.807) is 0 Å². The summed E-state index contributed by atoms with van der Waals surface area (Å²) in [5, 5.41) is 10.3. The van der Waals surface area contributed by atoms with Crippen molar-refractivity contribution in [1.82, 2.24) is 0 Å². The third kappa shape index (κ3) is 3.83. The van der Waals surface area contributed by atoms with Crippen LogP contribution in [0.5, 0.6) is 5.75 Å². The van der Waals surface area contributed by atoms with E-state index >= 15 is 0 Å². The average Bonchev–Trinajstić information content (AvgIpc) is 2.25. The van der Waals surface area contributed by atoms with Crippen LogP contribution in [0.3, 0.4) is 0 Å². The number of alkyl halides is 4. The van der Waals surface area contributed by atoms with E-state index in [0.717, 1.165) is 12.1 Å². The molecule has 9 heteroatoms. The fraction of sp³-hybridized carbons (Fsp3) is 0.333. The molecule has 0 aliphatic rings. The van der Waals surface area contributed by atoms with Crippen LogP contribution in [-0.4, -0.2) is 22.5 Å². The van der Waals surface area contributed by atoms with Crippen LogP contribution in [0.15, 0.2) is 18.2 Å². The molecule has 0 aliphatic heterocycles. The van der Waals surface area contributed by atoms with Crippen LogP contribution in [0.2, 0.25) is 0 Å². The molecule has 0 fully saturated rings. The lowest BCUT2D eigenvalue weighted by atomic mass is 10.3. The number of hydrogen-bond donors (Lipinski definition) is 0. The van der Waals surface area contributed by atoms with Crippen LogP contribution < -0.4 is 4.74 Å². The van der Waals surface area contributed by atoms with Crippen LogP contribution in [0.4, 0.5) is 23.2 Å². The maximum absolute atomic E-state index is 13.2. The number of rotatable bonds is 4. The molecule has 1 aromatic carbocycles. The summed E-state index contributed by atoms with van der Waals surface area (Å²) in [5.41, 5.74) is -0.508. The zero-order valence-electron chi connectivity index (χ0n) is 8.58. The Bertz CT molecular complexity index is 452. The summed E-state index contributed by atoms with van der Waals surface area (Å²) in [7, 11) is 0. The van der Waals surface area contributed by atoms with Gasteiger partial charge in [0.25, 0.3) is 5.69 Å². The van der Waals surface area contributed by atoms with Crippen LogP contribution in [0.25, 0.3) is 0 Å². The van der Waals surface area contributed by atoms with Gasteiger partial charge in [0.1, 0.15) is 11.4 Å². The Labute approximate surface area is 107 Å². The smallest absolute Gasteiger partial charge is 0.404 e. The Hall–Kier alpha value is -1.38. The van der Waals surface area contributed by atoms with Gasteiger partial charge in [-0.2, -0.15) is 13.2 Å². The second kappa shape index (κ2) is 5.51. The van der Waals surface area contributed by atoms with Crippen molar-refractivity contribution < 1.29 is 27.2 Å². The van der Waals surface area contributed by atoms with Crippen LogP contribution >= 0.6 is 15.9 Å². The van der Waals surface area contributed by atoms with Gasteiger partial charge in [-0.25, -0.2) is 4.39 Å². The van der Waals surface area contributed by atoms with Gasteiger partial charge >= 0.3 is 6.18 Å². The lowest BCUT2D eigenvalue weighted by Gasteiger charge is -2.14. The maximum Gasteiger partial charge on any atom is 0.404 e. The summed E-state index contributed by atoms with van der Waals surface area (Å²) < 4.78 is 54.2. The molecule has 1 unspecified atom stereocenters. The first-order chi connectivity index (χ1) is 8.21. The molecule has 0 spiro atoms. The van der Waals surface area contributed by atoms with E-state index in [9.17, 15) is 27.7 Å². The van der Waals surface area contributed by atoms with Gasteiger partial charge in [0.05, 0.1) is 11.0 Å². The summed E-state index contributed by atoms with van der Waals surface area (Å²) in [6, 6.07) is 2.42. The summed E-state index contributed by atoms with van der Waals surface area (Å²) in [4.78, 5) is 7.54. The molecule has 0 heterocycles. The molecule has 0 N–H and O–H groups in total. The number of ether oxygens (including phenoxy) is 1. The quantitative estimate of drug-likeness (QED) is 0.367. The third-order valence-corrected chi connectivity index (χ3v) is 2.65. The van der Waals surface area contributed by atoms with Gasteiger partial charge in [0.15, 0.2) is 11.6 Å². The molecule has 0 saturated carbocycles. The standard InChI is InChI=1S/C9H6BrF4NO3/c10-8(9(12,13)14)4-18-7-2-1-5(15(16)17)3-6(7)11/h1-3,8H,4H2. The molecule has 0 radical (unpaired) electrons. The van der Waals surface area contributed by atoms with Gasteiger partial charge in [0.2, 0.25) is 0 Å². The Morgan fingerprint density at radius 3 is 2.50 bits per heavy atom. The summed E-state index contributed by atoms with van der Waals surface area (Å²) in [5.74, 6) is -1.57. The van der Waals surface area contributed by atoms with Gasteiger partial charge in [-0.3, -0.25) is 10.1 Å². The average molecular weight is 332 g/mol. The van der Waals surface area contributed by atoms with Crippen molar-refractivity contribution in [3.05, 3.63) is 34.1 Å². The minimum atomic E-state index is -4.52. The first-order valence-corrected chi connectivity index (χ1v) is 5.41. The minimum absolute atomic E-state index is 0.478. The number of halogens is 5. The lowest BCUT2D eigenvalue weighted by molar-refractivity contribution is -0.385. The monoisotopic (exact) mass is 331 g/mol. The van der Waals surface area contributed by atoms with Crippen molar-refractivity contribution >= 4 is 21.6 Å². The van der Waals surface area contributed by atoms with E-state index in [2.05, 4.69) is 20.7 Å². The predicted molar refractivity (Wildman–Crippen MR) is 57.3 cm³/mol. The van der Waals surface area contributed by atoms with Crippen molar-refractivity contribution in [2.45, 2.75) is 11.0 Å². The third-order valence-electron chi connectivity index (χ3n) is 1.87.